The smallest absolute Gasteiger partial charge is 0.266 e. The summed E-state index contributed by atoms with van der Waals surface area (Å²) in [6.07, 6.45) is -0.878. The molecule has 33 heavy (non-hydrogen) atoms. The summed E-state index contributed by atoms with van der Waals surface area (Å²) in [4.78, 5) is 38.3. The molecule has 6 heteroatoms. The summed E-state index contributed by atoms with van der Waals surface area (Å²) in [7, 11) is 0. The Morgan fingerprint density at radius 3 is 2.24 bits per heavy atom. The number of anilines is 2. The number of imide groups is 1. The molecule has 3 unspecified atom stereocenters. The van der Waals surface area contributed by atoms with Gasteiger partial charge in [0.15, 0.2) is 6.10 Å². The normalized spacial score (nSPS) is 22.4. The van der Waals surface area contributed by atoms with E-state index in [4.69, 9.17) is 4.84 Å². The Morgan fingerprint density at radius 2 is 1.48 bits per heavy atom. The Hall–Kier alpha value is -3.90. The fraction of sp³-hybridized carbons (Fsp3) is 0.185. The Kier molecular flexibility index (Phi) is 4.38. The van der Waals surface area contributed by atoms with E-state index in [9.17, 15) is 9.59 Å². The number of nitrogens with one attached hydrogen (secondary N) is 1. The molecule has 3 heterocycles. The number of hydroxylamine groups is 1. The molecule has 3 atom stereocenters. The van der Waals surface area contributed by atoms with Crippen LogP contribution in [0.1, 0.15) is 22.9 Å². The van der Waals surface area contributed by atoms with Crippen LogP contribution in [0.2, 0.25) is 0 Å². The highest BCUT2D eigenvalue weighted by molar-refractivity contribution is 6.24. The molecule has 6 nitrogen and oxygen atoms in total. The molecule has 2 amide bonds. The van der Waals surface area contributed by atoms with Crippen LogP contribution < -0.4 is 9.96 Å². The zero-order valence-electron chi connectivity index (χ0n) is 18.4. The van der Waals surface area contributed by atoms with Gasteiger partial charge in [0, 0.05) is 22.2 Å². The second-order valence-corrected chi connectivity index (χ2v) is 8.71. The van der Waals surface area contributed by atoms with Crippen molar-refractivity contribution >= 4 is 34.1 Å². The monoisotopic (exact) mass is 437 g/mol. The summed E-state index contributed by atoms with van der Waals surface area (Å²) in [5.41, 5.74) is 5.39. The number of benzene rings is 3. The molecule has 0 spiro atoms. The lowest BCUT2D eigenvalue weighted by molar-refractivity contribution is -0.126. The average molecular weight is 437 g/mol. The molecule has 4 aromatic rings. The van der Waals surface area contributed by atoms with Gasteiger partial charge < -0.3 is 4.98 Å². The SMILES string of the molecule is Cc1ccc(N2C(=O)C3ON(c4ccccc4)C(c4c(C)[nH]c5ccccc45)C3C2=O)cc1. The summed E-state index contributed by atoms with van der Waals surface area (Å²) in [5.74, 6) is -1.21. The van der Waals surface area contributed by atoms with Crippen molar-refractivity contribution in [2.45, 2.75) is 26.0 Å². The van der Waals surface area contributed by atoms with E-state index in [1.54, 1.807) is 5.06 Å². The molecule has 6 rings (SSSR count). The quantitative estimate of drug-likeness (QED) is 0.466. The molecular weight excluding hydrogens is 414 g/mol. The highest BCUT2D eigenvalue weighted by atomic mass is 16.7. The molecule has 3 aromatic carbocycles. The van der Waals surface area contributed by atoms with Gasteiger partial charge in [-0.25, -0.2) is 9.96 Å². The molecule has 0 bridgehead atoms. The third-order valence-corrected chi connectivity index (χ3v) is 6.66. The molecule has 1 aromatic heterocycles. The number of carbonyl (C=O) groups excluding carboxylic acids is 2. The Balaban J connectivity index is 1.51. The largest absolute Gasteiger partial charge is 0.358 e. The maximum absolute atomic E-state index is 13.8. The summed E-state index contributed by atoms with van der Waals surface area (Å²) < 4.78 is 0. The predicted octanol–water partition coefficient (Wildman–Crippen LogP) is 4.84. The summed E-state index contributed by atoms with van der Waals surface area (Å²) in [6.45, 7) is 3.98. The second kappa shape index (κ2) is 7.32. The van der Waals surface area contributed by atoms with Crippen molar-refractivity contribution in [1.29, 1.82) is 0 Å². The molecule has 2 saturated heterocycles. The number of para-hydroxylation sites is 2. The van der Waals surface area contributed by atoms with Gasteiger partial charge in [0.1, 0.15) is 5.92 Å². The van der Waals surface area contributed by atoms with Crippen LogP contribution in [0.15, 0.2) is 78.9 Å². The van der Waals surface area contributed by atoms with Gasteiger partial charge in [-0.05, 0) is 44.2 Å². The first kappa shape index (κ1) is 19.8. The van der Waals surface area contributed by atoms with Crippen molar-refractivity contribution < 1.29 is 14.4 Å². The van der Waals surface area contributed by atoms with Crippen LogP contribution in [-0.4, -0.2) is 22.9 Å². The van der Waals surface area contributed by atoms with Crippen LogP contribution in [0, 0.1) is 19.8 Å². The van der Waals surface area contributed by atoms with Gasteiger partial charge >= 0.3 is 0 Å². The Labute approximate surface area is 191 Å². The highest BCUT2D eigenvalue weighted by Crippen LogP contribution is 2.49. The number of amides is 2. The van der Waals surface area contributed by atoms with Gasteiger partial charge in [-0.2, -0.15) is 0 Å². The maximum atomic E-state index is 13.8. The number of aryl methyl sites for hydroxylation is 2. The first-order valence-corrected chi connectivity index (χ1v) is 11.1. The van der Waals surface area contributed by atoms with Crippen LogP contribution >= 0.6 is 0 Å². The van der Waals surface area contributed by atoms with E-state index in [2.05, 4.69) is 4.98 Å². The van der Waals surface area contributed by atoms with Gasteiger partial charge in [0.2, 0.25) is 5.91 Å². The Morgan fingerprint density at radius 1 is 0.788 bits per heavy atom. The van der Waals surface area contributed by atoms with Crippen molar-refractivity contribution in [2.75, 3.05) is 9.96 Å². The minimum absolute atomic E-state index is 0.234. The zero-order chi connectivity index (χ0) is 22.7. The number of aromatic amines is 1. The average Bonchev–Trinajstić information content (AvgIpc) is 3.44. The van der Waals surface area contributed by atoms with Crippen LogP contribution in [0.3, 0.4) is 0 Å². The number of hydrogen-bond acceptors (Lipinski definition) is 4. The Bertz CT molecular complexity index is 1380. The minimum Gasteiger partial charge on any atom is -0.358 e. The fourth-order valence-electron chi connectivity index (χ4n) is 5.13. The molecule has 2 aliphatic heterocycles. The summed E-state index contributed by atoms with van der Waals surface area (Å²) in [5, 5.41) is 2.78. The standard InChI is InChI=1S/C27H23N3O3/c1-16-12-14-18(15-13-16)29-26(31)23-24(22-17(2)28-21-11-7-6-10-20(21)22)30(33-25(23)27(29)32)19-8-4-3-5-9-19/h3-15,23-25,28H,1-2H3. The first-order chi connectivity index (χ1) is 16.0. The molecular formula is C27H23N3O3. The van der Waals surface area contributed by atoms with Crippen LogP contribution in [-0.2, 0) is 14.4 Å². The number of carbonyl (C=O) groups is 2. The third-order valence-electron chi connectivity index (χ3n) is 6.66. The maximum Gasteiger partial charge on any atom is 0.266 e. The minimum atomic E-state index is -0.878. The fourth-order valence-corrected chi connectivity index (χ4v) is 5.13. The molecule has 0 saturated carbocycles. The number of hydrogen-bond donors (Lipinski definition) is 1. The predicted molar refractivity (Wildman–Crippen MR) is 127 cm³/mol. The van der Waals surface area contributed by atoms with Crippen molar-refractivity contribution in [3.63, 3.8) is 0 Å². The van der Waals surface area contributed by atoms with Gasteiger partial charge in [-0.1, -0.05) is 54.1 Å². The van der Waals surface area contributed by atoms with E-state index >= 15 is 0 Å². The van der Waals surface area contributed by atoms with Gasteiger partial charge in [-0.15, -0.1) is 0 Å². The number of fused-ring (bicyclic) bond motifs is 2. The lowest BCUT2D eigenvalue weighted by atomic mass is 9.89. The van der Waals surface area contributed by atoms with E-state index in [1.165, 1.54) is 4.90 Å². The summed E-state index contributed by atoms with van der Waals surface area (Å²) in [6, 6.07) is 24.7. The molecule has 164 valence electrons. The van der Waals surface area contributed by atoms with Crippen LogP contribution in [0.4, 0.5) is 11.4 Å². The third kappa shape index (κ3) is 2.91. The molecule has 2 fully saturated rings. The lowest BCUT2D eigenvalue weighted by Crippen LogP contribution is -2.37. The van der Waals surface area contributed by atoms with Crippen molar-refractivity contribution in [3.8, 4) is 0 Å². The van der Waals surface area contributed by atoms with Gasteiger partial charge in [0.05, 0.1) is 17.4 Å². The lowest BCUT2D eigenvalue weighted by Gasteiger charge is -2.29. The van der Waals surface area contributed by atoms with Crippen molar-refractivity contribution in [2.24, 2.45) is 5.92 Å². The highest BCUT2D eigenvalue weighted by Gasteiger charge is 2.60. The summed E-state index contributed by atoms with van der Waals surface area (Å²) >= 11 is 0. The van der Waals surface area contributed by atoms with Crippen molar-refractivity contribution in [3.05, 3.63) is 95.7 Å². The number of rotatable bonds is 3. The van der Waals surface area contributed by atoms with E-state index in [1.807, 2.05) is 92.7 Å². The van der Waals surface area contributed by atoms with Crippen molar-refractivity contribution in [1.82, 2.24) is 4.98 Å². The van der Waals surface area contributed by atoms with Crippen LogP contribution in [0.5, 0.6) is 0 Å². The first-order valence-electron chi connectivity index (χ1n) is 11.1. The van der Waals surface area contributed by atoms with E-state index in [0.717, 1.165) is 33.4 Å². The van der Waals surface area contributed by atoms with Crippen LogP contribution in [0.25, 0.3) is 10.9 Å². The van der Waals surface area contributed by atoms with E-state index in [-0.39, 0.29) is 11.8 Å². The number of H-pyrrole nitrogens is 1. The molecule has 0 aliphatic carbocycles. The van der Waals surface area contributed by atoms with E-state index in [0.29, 0.717) is 5.69 Å². The number of nitrogens with zero attached hydrogens (tertiary/aromatic N) is 2. The number of aromatic nitrogens is 1. The zero-order valence-corrected chi connectivity index (χ0v) is 18.4. The topological polar surface area (TPSA) is 65.6 Å². The molecule has 0 radical (unpaired) electrons. The van der Waals surface area contributed by atoms with Gasteiger partial charge in [0.25, 0.3) is 5.91 Å². The van der Waals surface area contributed by atoms with E-state index < -0.39 is 18.1 Å². The molecule has 2 aliphatic rings. The second-order valence-electron chi connectivity index (χ2n) is 8.71. The molecule has 1 N–H and O–H groups in total. The van der Waals surface area contributed by atoms with Gasteiger partial charge in [-0.3, -0.25) is 14.4 Å².